The van der Waals surface area contributed by atoms with Crippen molar-refractivity contribution in [2.75, 3.05) is 13.7 Å². The summed E-state index contributed by atoms with van der Waals surface area (Å²) in [6.45, 7) is 6.63. The van der Waals surface area contributed by atoms with Gasteiger partial charge in [0.05, 0.1) is 13.7 Å². The van der Waals surface area contributed by atoms with Gasteiger partial charge in [0.25, 0.3) is 0 Å². The third-order valence-electron chi connectivity index (χ3n) is 4.17. The fourth-order valence-corrected chi connectivity index (χ4v) is 2.68. The van der Waals surface area contributed by atoms with Crippen LogP contribution in [0, 0.1) is 0 Å². The fraction of sp³-hybridized carbons (Fsp3) is 0.364. The molecule has 0 N–H and O–H groups in total. The Balaban J connectivity index is 2.14. The van der Waals surface area contributed by atoms with E-state index < -0.39 is 12.1 Å². The summed E-state index contributed by atoms with van der Waals surface area (Å²) in [7, 11) is 1.33. The van der Waals surface area contributed by atoms with E-state index in [4.69, 9.17) is 14.2 Å². The minimum absolute atomic E-state index is 0.0728. The lowest BCUT2D eigenvalue weighted by atomic mass is 10.1. The third kappa shape index (κ3) is 5.74. The molecular weight excluding hydrogens is 358 g/mol. The average Bonchev–Trinajstić information content (AvgIpc) is 2.71. The van der Waals surface area contributed by atoms with Crippen LogP contribution in [0.5, 0.6) is 5.75 Å². The normalized spacial score (nSPS) is 10.5. The first-order valence-corrected chi connectivity index (χ1v) is 9.27. The maximum Gasteiger partial charge on any atom is 0.410 e. The van der Waals surface area contributed by atoms with E-state index in [1.165, 1.54) is 7.11 Å². The first-order valence-electron chi connectivity index (χ1n) is 9.27. The number of nitrogens with zero attached hydrogens (tertiary/aromatic N) is 1. The van der Waals surface area contributed by atoms with E-state index in [0.717, 1.165) is 11.1 Å². The van der Waals surface area contributed by atoms with Gasteiger partial charge in [0.2, 0.25) is 0 Å². The topological polar surface area (TPSA) is 65.1 Å². The quantitative estimate of drug-likeness (QED) is 0.630. The number of hydrogen-bond donors (Lipinski definition) is 0. The maximum atomic E-state index is 12.6. The second kappa shape index (κ2) is 10.3. The molecule has 0 atom stereocenters. The molecule has 28 heavy (non-hydrogen) atoms. The van der Waals surface area contributed by atoms with Gasteiger partial charge in [-0.2, -0.15) is 0 Å². The SMILES string of the molecule is CCOc1ccc(CN(C(=O)OCc2ccccc2)C(C)C)cc1C(=O)OC. The van der Waals surface area contributed by atoms with Crippen molar-refractivity contribution >= 4 is 12.1 Å². The van der Waals surface area contributed by atoms with Gasteiger partial charge in [0, 0.05) is 12.6 Å². The van der Waals surface area contributed by atoms with Gasteiger partial charge in [0.15, 0.2) is 0 Å². The van der Waals surface area contributed by atoms with E-state index in [-0.39, 0.29) is 12.6 Å². The number of amides is 1. The molecule has 1 amide bonds. The Bertz CT molecular complexity index is 789. The number of carbonyl (C=O) groups is 2. The first kappa shape index (κ1) is 21.3. The number of esters is 1. The molecule has 0 saturated heterocycles. The van der Waals surface area contributed by atoms with Crippen LogP contribution in [-0.4, -0.2) is 36.7 Å². The summed E-state index contributed by atoms with van der Waals surface area (Å²) in [6.07, 6.45) is -0.410. The molecule has 0 aliphatic rings. The van der Waals surface area contributed by atoms with Gasteiger partial charge in [0.1, 0.15) is 17.9 Å². The van der Waals surface area contributed by atoms with Crippen molar-refractivity contribution in [1.29, 1.82) is 0 Å². The van der Waals surface area contributed by atoms with Gasteiger partial charge in [-0.15, -0.1) is 0 Å². The minimum atomic E-state index is -0.479. The standard InChI is InChI=1S/C22H27NO5/c1-5-27-20-12-11-18(13-19(20)21(24)26-4)14-23(16(2)3)22(25)28-15-17-9-7-6-8-10-17/h6-13,16H,5,14-15H2,1-4H3. The lowest BCUT2D eigenvalue weighted by molar-refractivity contribution is 0.0596. The van der Waals surface area contributed by atoms with Crippen molar-refractivity contribution in [2.45, 2.75) is 40.0 Å². The molecular formula is C22H27NO5. The third-order valence-corrected chi connectivity index (χ3v) is 4.17. The molecule has 0 spiro atoms. The van der Waals surface area contributed by atoms with Gasteiger partial charge in [-0.25, -0.2) is 9.59 Å². The fourth-order valence-electron chi connectivity index (χ4n) is 2.68. The molecule has 0 fully saturated rings. The van der Waals surface area contributed by atoms with Crippen LogP contribution in [0.3, 0.4) is 0 Å². The van der Waals surface area contributed by atoms with Crippen LogP contribution in [0.15, 0.2) is 48.5 Å². The Morgan fingerprint density at radius 3 is 2.36 bits per heavy atom. The van der Waals surface area contributed by atoms with Crippen LogP contribution in [0.1, 0.15) is 42.3 Å². The highest BCUT2D eigenvalue weighted by Gasteiger charge is 2.21. The van der Waals surface area contributed by atoms with Crippen molar-refractivity contribution in [1.82, 2.24) is 4.90 Å². The summed E-state index contributed by atoms with van der Waals surface area (Å²) in [5.41, 5.74) is 2.05. The summed E-state index contributed by atoms with van der Waals surface area (Å²) in [6, 6.07) is 14.7. The van der Waals surface area contributed by atoms with E-state index in [9.17, 15) is 9.59 Å². The predicted octanol–water partition coefficient (Wildman–Crippen LogP) is 4.42. The zero-order valence-corrected chi connectivity index (χ0v) is 16.8. The lowest BCUT2D eigenvalue weighted by Gasteiger charge is -2.26. The van der Waals surface area contributed by atoms with Crippen LogP contribution < -0.4 is 4.74 Å². The first-order chi connectivity index (χ1) is 13.5. The number of carbonyl (C=O) groups excluding carboxylic acids is 2. The molecule has 150 valence electrons. The molecule has 0 unspecified atom stereocenters. The average molecular weight is 385 g/mol. The molecule has 6 nitrogen and oxygen atoms in total. The smallest absolute Gasteiger partial charge is 0.410 e. The van der Waals surface area contributed by atoms with Gasteiger partial charge in [-0.05, 0) is 44.0 Å². The van der Waals surface area contributed by atoms with Gasteiger partial charge < -0.3 is 19.1 Å². The Labute approximate surface area is 166 Å². The molecule has 2 aromatic rings. The van der Waals surface area contributed by atoms with Crippen LogP contribution in [-0.2, 0) is 22.6 Å². The van der Waals surface area contributed by atoms with Crippen molar-refractivity contribution in [2.24, 2.45) is 0 Å². The Morgan fingerprint density at radius 1 is 1.04 bits per heavy atom. The lowest BCUT2D eigenvalue weighted by Crippen LogP contribution is -2.36. The molecule has 2 aromatic carbocycles. The van der Waals surface area contributed by atoms with Crippen molar-refractivity contribution < 1.29 is 23.8 Å². The highest BCUT2D eigenvalue weighted by molar-refractivity contribution is 5.92. The molecule has 0 aliphatic carbocycles. The summed E-state index contributed by atoms with van der Waals surface area (Å²) in [4.78, 5) is 26.3. The van der Waals surface area contributed by atoms with E-state index >= 15 is 0 Å². The summed E-state index contributed by atoms with van der Waals surface area (Å²) < 4.78 is 15.8. The molecule has 0 heterocycles. The molecule has 0 saturated carbocycles. The maximum absolute atomic E-state index is 12.6. The van der Waals surface area contributed by atoms with E-state index in [1.54, 1.807) is 17.0 Å². The van der Waals surface area contributed by atoms with E-state index in [2.05, 4.69) is 0 Å². The molecule has 0 radical (unpaired) electrons. The summed E-state index contributed by atoms with van der Waals surface area (Å²) in [5, 5.41) is 0. The highest BCUT2D eigenvalue weighted by atomic mass is 16.6. The number of methoxy groups -OCH3 is 1. The summed E-state index contributed by atoms with van der Waals surface area (Å²) >= 11 is 0. The zero-order chi connectivity index (χ0) is 20.5. The molecule has 6 heteroatoms. The molecule has 0 bridgehead atoms. The van der Waals surface area contributed by atoms with E-state index in [1.807, 2.05) is 57.2 Å². The summed E-state index contributed by atoms with van der Waals surface area (Å²) in [5.74, 6) is -0.0195. The highest BCUT2D eigenvalue weighted by Crippen LogP contribution is 2.23. The molecule has 2 rings (SSSR count). The Hall–Kier alpha value is -3.02. The van der Waals surface area contributed by atoms with Crippen LogP contribution in [0.4, 0.5) is 4.79 Å². The van der Waals surface area contributed by atoms with Crippen LogP contribution >= 0.6 is 0 Å². The second-order valence-corrected chi connectivity index (χ2v) is 6.52. The van der Waals surface area contributed by atoms with Crippen molar-refractivity contribution in [3.05, 3.63) is 65.2 Å². The van der Waals surface area contributed by atoms with Crippen molar-refractivity contribution in [3.63, 3.8) is 0 Å². The minimum Gasteiger partial charge on any atom is -0.493 e. The number of hydrogen-bond acceptors (Lipinski definition) is 5. The predicted molar refractivity (Wildman–Crippen MR) is 106 cm³/mol. The zero-order valence-electron chi connectivity index (χ0n) is 16.8. The Kier molecular flexibility index (Phi) is 7.87. The van der Waals surface area contributed by atoms with Gasteiger partial charge in [-0.1, -0.05) is 36.4 Å². The van der Waals surface area contributed by atoms with E-state index in [0.29, 0.717) is 24.5 Å². The molecule has 0 aliphatic heterocycles. The van der Waals surface area contributed by atoms with Crippen LogP contribution in [0.2, 0.25) is 0 Å². The van der Waals surface area contributed by atoms with Crippen LogP contribution in [0.25, 0.3) is 0 Å². The van der Waals surface area contributed by atoms with Gasteiger partial charge in [-0.3, -0.25) is 0 Å². The number of rotatable bonds is 8. The largest absolute Gasteiger partial charge is 0.493 e. The second-order valence-electron chi connectivity index (χ2n) is 6.52. The van der Waals surface area contributed by atoms with Gasteiger partial charge >= 0.3 is 12.1 Å². The monoisotopic (exact) mass is 385 g/mol. The molecule has 0 aromatic heterocycles. The number of ether oxygens (including phenoxy) is 3. The number of benzene rings is 2. The van der Waals surface area contributed by atoms with Crippen molar-refractivity contribution in [3.8, 4) is 5.75 Å². The Morgan fingerprint density at radius 2 is 1.75 bits per heavy atom.